The smallest absolute Gasteiger partial charge is 0.229 e. The summed E-state index contributed by atoms with van der Waals surface area (Å²) in [6, 6.07) is 8.60. The van der Waals surface area contributed by atoms with Gasteiger partial charge in [-0.25, -0.2) is 9.37 Å². The molecule has 3 aromatic rings. The molecular weight excluding hydrogens is 339 g/mol. The Hall–Kier alpha value is -2.54. The lowest BCUT2D eigenvalue weighted by Crippen LogP contribution is -2.40. The predicted molar refractivity (Wildman–Crippen MR) is 97.4 cm³/mol. The number of hydrogen-bond acceptors (Lipinski definition) is 5. The Labute approximate surface area is 148 Å². The molecule has 2 aromatic heterocycles. The number of rotatable bonds is 3. The van der Waals surface area contributed by atoms with Crippen LogP contribution >= 0.6 is 11.3 Å². The van der Waals surface area contributed by atoms with Gasteiger partial charge in [-0.1, -0.05) is 17.4 Å². The van der Waals surface area contributed by atoms with Crippen molar-refractivity contribution in [1.29, 1.82) is 0 Å². The summed E-state index contributed by atoms with van der Waals surface area (Å²) in [5.41, 5.74) is 1.11. The number of carbonyl (C=O) groups is 1. The Morgan fingerprint density at radius 3 is 3.04 bits per heavy atom. The summed E-state index contributed by atoms with van der Waals surface area (Å²) in [5, 5.41) is 3.69. The molecule has 1 unspecified atom stereocenters. The van der Waals surface area contributed by atoms with Gasteiger partial charge in [0.15, 0.2) is 5.13 Å². The highest BCUT2D eigenvalue weighted by atomic mass is 32.1. The highest BCUT2D eigenvalue weighted by Gasteiger charge is 2.27. The molecule has 1 amide bonds. The molecule has 1 aromatic carbocycles. The number of benzene rings is 1. The maximum atomic E-state index is 13.9. The van der Waals surface area contributed by atoms with E-state index in [1.54, 1.807) is 24.5 Å². The highest BCUT2D eigenvalue weighted by molar-refractivity contribution is 7.22. The van der Waals surface area contributed by atoms with Gasteiger partial charge in [0.1, 0.15) is 11.3 Å². The number of amides is 1. The average Bonchev–Trinajstić information content (AvgIpc) is 3.08. The second-order valence-electron chi connectivity index (χ2n) is 6.10. The van der Waals surface area contributed by atoms with E-state index in [0.717, 1.165) is 29.2 Å². The number of para-hydroxylation sites is 1. The number of piperidine rings is 1. The summed E-state index contributed by atoms with van der Waals surface area (Å²) >= 11 is 1.47. The lowest BCUT2D eigenvalue weighted by molar-refractivity contribution is -0.120. The first kappa shape index (κ1) is 16.0. The van der Waals surface area contributed by atoms with Crippen molar-refractivity contribution >= 4 is 38.3 Å². The van der Waals surface area contributed by atoms with Gasteiger partial charge >= 0.3 is 0 Å². The number of aromatic nitrogens is 2. The summed E-state index contributed by atoms with van der Waals surface area (Å²) in [7, 11) is 0. The van der Waals surface area contributed by atoms with E-state index in [-0.39, 0.29) is 17.6 Å². The van der Waals surface area contributed by atoms with Crippen LogP contribution in [0.1, 0.15) is 12.8 Å². The molecule has 3 heterocycles. The van der Waals surface area contributed by atoms with Crippen molar-refractivity contribution in [1.82, 2.24) is 9.97 Å². The van der Waals surface area contributed by atoms with Gasteiger partial charge in [0.2, 0.25) is 5.91 Å². The van der Waals surface area contributed by atoms with Gasteiger partial charge in [0.05, 0.1) is 22.5 Å². The fourth-order valence-corrected chi connectivity index (χ4v) is 4.10. The third-order valence-electron chi connectivity index (χ3n) is 4.35. The Bertz CT molecular complexity index is 898. The molecule has 128 valence electrons. The molecule has 4 rings (SSSR count). The van der Waals surface area contributed by atoms with Gasteiger partial charge in [-0.15, -0.1) is 0 Å². The van der Waals surface area contributed by atoms with E-state index >= 15 is 0 Å². The number of nitrogens with zero attached hydrogens (tertiary/aromatic N) is 3. The van der Waals surface area contributed by atoms with Gasteiger partial charge in [0, 0.05) is 19.3 Å². The number of anilines is 2. The van der Waals surface area contributed by atoms with Crippen molar-refractivity contribution in [2.45, 2.75) is 12.8 Å². The molecule has 1 aliphatic rings. The zero-order valence-corrected chi connectivity index (χ0v) is 14.3. The highest BCUT2D eigenvalue weighted by Crippen LogP contribution is 2.32. The first-order valence-corrected chi connectivity index (χ1v) is 9.03. The van der Waals surface area contributed by atoms with Crippen LogP contribution in [0.5, 0.6) is 0 Å². The minimum Gasteiger partial charge on any atom is -0.347 e. The molecule has 1 atom stereocenters. The van der Waals surface area contributed by atoms with Crippen molar-refractivity contribution in [3.63, 3.8) is 0 Å². The first-order valence-electron chi connectivity index (χ1n) is 8.21. The van der Waals surface area contributed by atoms with Crippen LogP contribution in [0.3, 0.4) is 0 Å². The number of thiazole rings is 1. The van der Waals surface area contributed by atoms with E-state index in [1.165, 1.54) is 17.4 Å². The first-order chi connectivity index (χ1) is 12.2. The number of pyridine rings is 1. The van der Waals surface area contributed by atoms with Crippen molar-refractivity contribution in [2.75, 3.05) is 23.3 Å². The van der Waals surface area contributed by atoms with Crippen molar-refractivity contribution in [3.05, 3.63) is 48.5 Å². The predicted octanol–water partition coefficient (Wildman–Crippen LogP) is 3.69. The van der Waals surface area contributed by atoms with Crippen LogP contribution in [-0.2, 0) is 4.79 Å². The van der Waals surface area contributed by atoms with Crippen molar-refractivity contribution in [2.24, 2.45) is 5.92 Å². The molecule has 0 bridgehead atoms. The number of fused-ring (bicyclic) bond motifs is 1. The molecule has 1 fully saturated rings. The van der Waals surface area contributed by atoms with Crippen molar-refractivity contribution in [3.8, 4) is 0 Å². The number of hydrogen-bond donors (Lipinski definition) is 1. The van der Waals surface area contributed by atoms with Crippen LogP contribution in [0.4, 0.5) is 15.2 Å². The summed E-state index contributed by atoms with van der Waals surface area (Å²) in [4.78, 5) is 23.1. The Morgan fingerprint density at radius 1 is 1.32 bits per heavy atom. The fraction of sp³-hybridized carbons (Fsp3) is 0.278. The van der Waals surface area contributed by atoms with Crippen molar-refractivity contribution < 1.29 is 9.18 Å². The molecule has 0 saturated carbocycles. The zero-order valence-electron chi connectivity index (χ0n) is 13.5. The zero-order chi connectivity index (χ0) is 17.2. The van der Waals surface area contributed by atoms with Crippen LogP contribution < -0.4 is 10.2 Å². The van der Waals surface area contributed by atoms with E-state index in [4.69, 9.17) is 0 Å². The standard InChI is InChI=1S/C18H17FN4OS/c19-14-6-1-7-15-16(14)22-18(25-15)23-9-3-4-12(11-23)17(24)21-13-5-2-8-20-10-13/h1-2,5-8,10,12H,3-4,9,11H2,(H,21,24). The van der Waals surface area contributed by atoms with E-state index in [1.807, 2.05) is 12.1 Å². The van der Waals surface area contributed by atoms with E-state index in [9.17, 15) is 9.18 Å². The lowest BCUT2D eigenvalue weighted by atomic mass is 9.97. The average molecular weight is 356 g/mol. The normalized spacial score (nSPS) is 17.6. The lowest BCUT2D eigenvalue weighted by Gasteiger charge is -2.31. The Balaban J connectivity index is 1.50. The molecule has 0 spiro atoms. The van der Waals surface area contributed by atoms with E-state index in [0.29, 0.717) is 17.7 Å². The SMILES string of the molecule is O=C(Nc1cccnc1)C1CCCN(c2nc3c(F)cccc3s2)C1. The molecule has 25 heavy (non-hydrogen) atoms. The molecule has 7 heteroatoms. The minimum absolute atomic E-state index is 0.00927. The summed E-state index contributed by atoms with van der Waals surface area (Å²) in [6.45, 7) is 1.42. The quantitative estimate of drug-likeness (QED) is 0.778. The van der Waals surface area contributed by atoms with Crippen LogP contribution in [0, 0.1) is 11.7 Å². The Kier molecular flexibility index (Phi) is 4.31. The fourth-order valence-electron chi connectivity index (χ4n) is 3.08. The monoisotopic (exact) mass is 356 g/mol. The molecule has 5 nitrogen and oxygen atoms in total. The molecule has 0 radical (unpaired) electrons. The van der Waals surface area contributed by atoms with Gasteiger partial charge in [0.25, 0.3) is 0 Å². The third kappa shape index (κ3) is 3.32. The maximum Gasteiger partial charge on any atom is 0.229 e. The maximum absolute atomic E-state index is 13.9. The number of halogens is 1. The summed E-state index contributed by atoms with van der Waals surface area (Å²) < 4.78 is 14.7. The number of carbonyl (C=O) groups excluding carboxylic acids is 1. The van der Waals surface area contributed by atoms with Gasteiger partial charge in [-0.2, -0.15) is 0 Å². The Morgan fingerprint density at radius 2 is 2.24 bits per heavy atom. The summed E-state index contributed by atoms with van der Waals surface area (Å²) in [6.07, 6.45) is 5.05. The number of nitrogens with one attached hydrogen (secondary N) is 1. The molecule has 1 saturated heterocycles. The molecule has 1 aliphatic heterocycles. The second kappa shape index (κ2) is 6.76. The second-order valence-corrected chi connectivity index (χ2v) is 7.11. The van der Waals surface area contributed by atoms with Crippen LogP contribution in [0.15, 0.2) is 42.7 Å². The van der Waals surface area contributed by atoms with Crippen LogP contribution in [0.25, 0.3) is 10.2 Å². The largest absolute Gasteiger partial charge is 0.347 e. The minimum atomic E-state index is -0.303. The summed E-state index contributed by atoms with van der Waals surface area (Å²) in [5.74, 6) is -0.432. The van der Waals surface area contributed by atoms with E-state index in [2.05, 4.69) is 20.2 Å². The van der Waals surface area contributed by atoms with Gasteiger partial charge in [-0.05, 0) is 37.1 Å². The molecular formula is C18H17FN4OS. The van der Waals surface area contributed by atoms with Crippen LogP contribution in [-0.4, -0.2) is 29.0 Å². The van der Waals surface area contributed by atoms with E-state index < -0.39 is 0 Å². The molecule has 1 N–H and O–H groups in total. The van der Waals surface area contributed by atoms with Gasteiger partial charge in [-0.3, -0.25) is 9.78 Å². The van der Waals surface area contributed by atoms with Gasteiger partial charge < -0.3 is 10.2 Å². The topological polar surface area (TPSA) is 58.1 Å². The third-order valence-corrected chi connectivity index (χ3v) is 5.43. The van der Waals surface area contributed by atoms with Crippen LogP contribution in [0.2, 0.25) is 0 Å². The molecule has 0 aliphatic carbocycles.